The molecule has 0 radical (unpaired) electrons. The van der Waals surface area contributed by atoms with Crippen LogP contribution < -0.4 is 0 Å². The second-order valence-corrected chi connectivity index (χ2v) is 6.67. The van der Waals surface area contributed by atoms with E-state index in [1.807, 2.05) is 6.92 Å². The zero-order valence-electron chi connectivity index (χ0n) is 13.6. The quantitative estimate of drug-likeness (QED) is 0.834. The van der Waals surface area contributed by atoms with E-state index in [-0.39, 0.29) is 5.41 Å². The maximum atomic E-state index is 9.92. The van der Waals surface area contributed by atoms with Crippen molar-refractivity contribution in [3.8, 4) is 0 Å². The van der Waals surface area contributed by atoms with Gasteiger partial charge < -0.3 is 10.2 Å². The molecule has 2 atom stereocenters. The third kappa shape index (κ3) is 4.60. The number of aliphatic hydroxyl groups excluding tert-OH is 2. The van der Waals surface area contributed by atoms with Gasteiger partial charge in [-0.05, 0) is 47.8 Å². The molecular formula is C18H30O2. The molecule has 0 fully saturated rings. The van der Waals surface area contributed by atoms with E-state index in [0.717, 1.165) is 12.8 Å². The molecule has 0 bridgehead atoms. The maximum Gasteiger partial charge on any atom is 0.0802 e. The highest BCUT2D eigenvalue weighted by atomic mass is 16.3. The van der Waals surface area contributed by atoms with Gasteiger partial charge in [0.25, 0.3) is 0 Å². The topological polar surface area (TPSA) is 40.5 Å². The summed E-state index contributed by atoms with van der Waals surface area (Å²) in [4.78, 5) is 0. The molecule has 0 heterocycles. The molecule has 2 nitrogen and oxygen atoms in total. The van der Waals surface area contributed by atoms with Crippen LogP contribution in [0.5, 0.6) is 0 Å². The summed E-state index contributed by atoms with van der Waals surface area (Å²) in [6.45, 7) is 10.7. The van der Waals surface area contributed by atoms with Crippen LogP contribution in [-0.2, 0) is 18.3 Å². The third-order valence-electron chi connectivity index (χ3n) is 4.03. The van der Waals surface area contributed by atoms with E-state index in [9.17, 15) is 10.2 Å². The van der Waals surface area contributed by atoms with Crippen molar-refractivity contribution in [2.24, 2.45) is 0 Å². The normalized spacial score (nSPS) is 15.2. The first-order valence-electron chi connectivity index (χ1n) is 7.78. The van der Waals surface area contributed by atoms with Crippen molar-refractivity contribution in [1.29, 1.82) is 0 Å². The van der Waals surface area contributed by atoms with E-state index in [0.29, 0.717) is 12.8 Å². The fourth-order valence-electron chi connectivity index (χ4n) is 2.44. The van der Waals surface area contributed by atoms with Gasteiger partial charge in [0, 0.05) is 0 Å². The Morgan fingerprint density at radius 2 is 1.65 bits per heavy atom. The number of aliphatic hydroxyl groups is 2. The number of benzene rings is 1. The van der Waals surface area contributed by atoms with Crippen LogP contribution in [0.4, 0.5) is 0 Å². The Morgan fingerprint density at radius 1 is 1.00 bits per heavy atom. The van der Waals surface area contributed by atoms with Gasteiger partial charge in [-0.3, -0.25) is 0 Å². The lowest BCUT2D eigenvalue weighted by Gasteiger charge is -2.22. The van der Waals surface area contributed by atoms with Crippen LogP contribution in [0.15, 0.2) is 18.2 Å². The van der Waals surface area contributed by atoms with Crippen LogP contribution >= 0.6 is 0 Å². The Labute approximate surface area is 123 Å². The molecule has 2 N–H and O–H groups in total. The molecule has 0 aliphatic rings. The van der Waals surface area contributed by atoms with Gasteiger partial charge in [0.15, 0.2) is 0 Å². The monoisotopic (exact) mass is 278 g/mol. The molecule has 2 unspecified atom stereocenters. The van der Waals surface area contributed by atoms with Gasteiger partial charge >= 0.3 is 0 Å². The molecule has 0 saturated carbocycles. The standard InChI is InChI=1S/C18H30O2/c1-6-13-8-10-15(18(3,4)5)12-14(13)9-11-17(20)16(19)7-2/h8,10,12,16-17,19-20H,6-7,9,11H2,1-5H3. The number of hydrogen-bond donors (Lipinski definition) is 2. The van der Waals surface area contributed by atoms with E-state index in [2.05, 4.69) is 45.9 Å². The zero-order chi connectivity index (χ0) is 15.3. The van der Waals surface area contributed by atoms with Crippen molar-refractivity contribution in [2.75, 3.05) is 0 Å². The first-order valence-corrected chi connectivity index (χ1v) is 7.78. The highest BCUT2D eigenvalue weighted by molar-refractivity contribution is 5.35. The molecule has 114 valence electrons. The van der Waals surface area contributed by atoms with Gasteiger partial charge in [0.1, 0.15) is 0 Å². The van der Waals surface area contributed by atoms with Gasteiger partial charge in [0.2, 0.25) is 0 Å². The lowest BCUT2D eigenvalue weighted by Crippen LogP contribution is -2.25. The molecule has 0 aromatic heterocycles. The molecule has 1 rings (SSSR count). The molecule has 1 aromatic rings. The largest absolute Gasteiger partial charge is 0.390 e. The van der Waals surface area contributed by atoms with Gasteiger partial charge in [-0.15, -0.1) is 0 Å². The maximum absolute atomic E-state index is 9.92. The fourth-order valence-corrected chi connectivity index (χ4v) is 2.44. The summed E-state index contributed by atoms with van der Waals surface area (Å²) in [5.74, 6) is 0. The van der Waals surface area contributed by atoms with Crippen LogP contribution in [0, 0.1) is 0 Å². The highest BCUT2D eigenvalue weighted by Crippen LogP contribution is 2.26. The molecule has 2 heteroatoms. The first kappa shape index (κ1) is 17.2. The van der Waals surface area contributed by atoms with E-state index in [4.69, 9.17) is 0 Å². The summed E-state index contributed by atoms with van der Waals surface area (Å²) < 4.78 is 0. The Hall–Kier alpha value is -0.860. The lowest BCUT2D eigenvalue weighted by molar-refractivity contribution is 0.0130. The lowest BCUT2D eigenvalue weighted by atomic mass is 9.84. The van der Waals surface area contributed by atoms with Gasteiger partial charge in [-0.25, -0.2) is 0 Å². The van der Waals surface area contributed by atoms with Crippen LogP contribution in [0.2, 0.25) is 0 Å². The van der Waals surface area contributed by atoms with Crippen molar-refractivity contribution in [1.82, 2.24) is 0 Å². The average molecular weight is 278 g/mol. The van der Waals surface area contributed by atoms with E-state index in [1.165, 1.54) is 16.7 Å². The molecule has 0 amide bonds. The van der Waals surface area contributed by atoms with Crippen molar-refractivity contribution in [2.45, 2.75) is 77.9 Å². The van der Waals surface area contributed by atoms with Crippen molar-refractivity contribution in [3.05, 3.63) is 34.9 Å². The second-order valence-electron chi connectivity index (χ2n) is 6.67. The summed E-state index contributed by atoms with van der Waals surface area (Å²) in [5.41, 5.74) is 4.12. The fraction of sp³-hybridized carbons (Fsp3) is 0.667. The van der Waals surface area contributed by atoms with Gasteiger partial charge in [0.05, 0.1) is 12.2 Å². The van der Waals surface area contributed by atoms with Crippen LogP contribution in [-0.4, -0.2) is 22.4 Å². The minimum absolute atomic E-state index is 0.141. The number of hydrogen-bond acceptors (Lipinski definition) is 2. The Bertz CT molecular complexity index is 418. The predicted molar refractivity (Wildman–Crippen MR) is 85.1 cm³/mol. The van der Waals surface area contributed by atoms with E-state index >= 15 is 0 Å². The van der Waals surface area contributed by atoms with Crippen LogP contribution in [0.25, 0.3) is 0 Å². The Kier molecular flexibility index (Phi) is 6.22. The summed E-state index contributed by atoms with van der Waals surface area (Å²) in [5, 5.41) is 19.6. The molecule has 0 aliphatic heterocycles. The molecule has 1 aromatic carbocycles. The molecule has 20 heavy (non-hydrogen) atoms. The van der Waals surface area contributed by atoms with Gasteiger partial charge in [-0.1, -0.05) is 52.8 Å². The van der Waals surface area contributed by atoms with E-state index < -0.39 is 12.2 Å². The van der Waals surface area contributed by atoms with Gasteiger partial charge in [-0.2, -0.15) is 0 Å². The minimum atomic E-state index is -0.622. The number of rotatable bonds is 6. The van der Waals surface area contributed by atoms with Crippen molar-refractivity contribution >= 4 is 0 Å². The summed E-state index contributed by atoms with van der Waals surface area (Å²) in [6.07, 6.45) is 1.82. The SMILES string of the molecule is CCc1ccc(C(C)(C)C)cc1CCC(O)C(O)CC. The van der Waals surface area contributed by atoms with E-state index in [1.54, 1.807) is 0 Å². The number of aryl methyl sites for hydroxylation is 2. The highest BCUT2D eigenvalue weighted by Gasteiger charge is 2.17. The summed E-state index contributed by atoms with van der Waals surface area (Å²) in [6, 6.07) is 6.68. The second kappa shape index (κ2) is 7.24. The summed E-state index contributed by atoms with van der Waals surface area (Å²) >= 11 is 0. The van der Waals surface area contributed by atoms with Crippen molar-refractivity contribution in [3.63, 3.8) is 0 Å². The first-order chi connectivity index (χ1) is 9.29. The predicted octanol–water partition coefficient (Wildman–Crippen LogP) is 3.61. The zero-order valence-corrected chi connectivity index (χ0v) is 13.6. The minimum Gasteiger partial charge on any atom is -0.390 e. The molecular weight excluding hydrogens is 248 g/mol. The molecule has 0 aliphatic carbocycles. The van der Waals surface area contributed by atoms with Crippen LogP contribution in [0.1, 0.15) is 64.2 Å². The molecule has 0 spiro atoms. The Balaban J connectivity index is 2.87. The average Bonchev–Trinajstić information content (AvgIpc) is 2.42. The summed E-state index contributed by atoms with van der Waals surface area (Å²) in [7, 11) is 0. The third-order valence-corrected chi connectivity index (χ3v) is 4.03. The Morgan fingerprint density at radius 3 is 2.15 bits per heavy atom. The van der Waals surface area contributed by atoms with Crippen molar-refractivity contribution < 1.29 is 10.2 Å². The smallest absolute Gasteiger partial charge is 0.0802 e. The molecule has 0 saturated heterocycles. The van der Waals surface area contributed by atoms with Crippen LogP contribution in [0.3, 0.4) is 0 Å².